The van der Waals surface area contributed by atoms with Crippen LogP contribution in [0.2, 0.25) is 0 Å². The predicted octanol–water partition coefficient (Wildman–Crippen LogP) is 8.32. The van der Waals surface area contributed by atoms with E-state index in [4.69, 9.17) is 9.47 Å². The first kappa shape index (κ1) is 30.0. The Morgan fingerprint density at radius 1 is 0.727 bits per heavy atom. The molecule has 1 N–H and O–H groups in total. The molecular formula is C28H48F2O3. The summed E-state index contributed by atoms with van der Waals surface area (Å²) >= 11 is 0. The fraction of sp³-hybridized carbons (Fsp3) is 0.786. The maximum Gasteiger partial charge on any atom is 0.283 e. The van der Waals surface area contributed by atoms with E-state index in [9.17, 15) is 13.9 Å². The third-order valence-corrected chi connectivity index (χ3v) is 5.92. The van der Waals surface area contributed by atoms with Gasteiger partial charge in [0.2, 0.25) is 0 Å². The van der Waals surface area contributed by atoms with Crippen LogP contribution < -0.4 is 0 Å². The molecule has 0 bridgehead atoms. The van der Waals surface area contributed by atoms with E-state index in [2.05, 4.69) is 6.92 Å². The zero-order valence-electron chi connectivity index (χ0n) is 21.7. The van der Waals surface area contributed by atoms with Crippen LogP contribution in [-0.4, -0.2) is 23.3 Å². The van der Waals surface area contributed by atoms with Gasteiger partial charge in [-0.2, -0.15) is 0 Å². The highest BCUT2D eigenvalue weighted by Crippen LogP contribution is 2.33. The lowest BCUT2D eigenvalue weighted by atomic mass is 9.91. The predicted molar refractivity (Wildman–Crippen MR) is 132 cm³/mol. The molecule has 3 nitrogen and oxygen atoms in total. The Bertz CT molecular complexity index is 603. The molecule has 0 heterocycles. The lowest BCUT2D eigenvalue weighted by Gasteiger charge is -2.38. The van der Waals surface area contributed by atoms with Crippen LogP contribution >= 0.6 is 0 Å². The van der Waals surface area contributed by atoms with Crippen molar-refractivity contribution in [3.8, 4) is 0 Å². The minimum atomic E-state index is -1.56. The van der Waals surface area contributed by atoms with Crippen molar-refractivity contribution in [2.75, 3.05) is 0 Å². The highest BCUT2D eigenvalue weighted by molar-refractivity contribution is 5.17. The normalized spacial score (nSPS) is 13.3. The van der Waals surface area contributed by atoms with Gasteiger partial charge in [0, 0.05) is 12.0 Å². The number of hydrogen-bond donors (Lipinski definition) is 1. The summed E-state index contributed by atoms with van der Waals surface area (Å²) in [5.74, 6) is -2.68. The van der Waals surface area contributed by atoms with E-state index in [1.165, 1.54) is 44.2 Å². The molecule has 0 fully saturated rings. The molecule has 0 radical (unpaired) electrons. The van der Waals surface area contributed by atoms with Gasteiger partial charge in [0.1, 0.15) is 11.6 Å². The van der Waals surface area contributed by atoms with Crippen molar-refractivity contribution in [1.29, 1.82) is 0 Å². The number of ether oxygens (including phenoxy) is 2. The second-order valence-corrected chi connectivity index (χ2v) is 9.95. The zero-order valence-corrected chi connectivity index (χ0v) is 21.7. The van der Waals surface area contributed by atoms with Crippen LogP contribution in [-0.2, 0) is 15.9 Å². The van der Waals surface area contributed by atoms with Gasteiger partial charge < -0.3 is 14.6 Å². The molecule has 1 rings (SSSR count). The summed E-state index contributed by atoms with van der Waals surface area (Å²) in [6.07, 6.45) is 13.2. The van der Waals surface area contributed by atoms with Gasteiger partial charge in [0.05, 0.1) is 12.2 Å². The van der Waals surface area contributed by atoms with Crippen LogP contribution in [0.3, 0.4) is 0 Å². The topological polar surface area (TPSA) is 38.7 Å². The minimum Gasteiger partial charge on any atom is -0.343 e. The highest BCUT2D eigenvalue weighted by Gasteiger charge is 2.40. The average Bonchev–Trinajstić information content (AvgIpc) is 2.69. The van der Waals surface area contributed by atoms with E-state index in [1.807, 2.05) is 27.7 Å². The van der Waals surface area contributed by atoms with E-state index in [-0.39, 0.29) is 18.1 Å². The molecule has 0 spiro atoms. The molecule has 1 aromatic rings. The minimum absolute atomic E-state index is 0.0780. The Morgan fingerprint density at radius 2 is 1.18 bits per heavy atom. The molecule has 0 aromatic heterocycles. The second-order valence-electron chi connectivity index (χ2n) is 9.95. The highest BCUT2D eigenvalue weighted by atomic mass is 19.1. The Hall–Kier alpha value is -1.04. The van der Waals surface area contributed by atoms with Crippen molar-refractivity contribution in [3.63, 3.8) is 0 Å². The SMILES string of the molecule is CCCCCCCCC(CCCCCCc1cc(F)cc(F)c1)C(O)(OC(C)C)OC(C)C. The van der Waals surface area contributed by atoms with Gasteiger partial charge in [-0.05, 0) is 71.1 Å². The first-order chi connectivity index (χ1) is 15.7. The van der Waals surface area contributed by atoms with E-state index in [0.29, 0.717) is 12.0 Å². The summed E-state index contributed by atoms with van der Waals surface area (Å²) in [5.41, 5.74) is 0.707. The first-order valence-electron chi connectivity index (χ1n) is 13.2. The molecule has 0 amide bonds. The second kappa shape index (κ2) is 16.6. The molecule has 33 heavy (non-hydrogen) atoms. The van der Waals surface area contributed by atoms with Crippen molar-refractivity contribution >= 4 is 0 Å². The van der Waals surface area contributed by atoms with Crippen LogP contribution in [0, 0.1) is 17.6 Å². The van der Waals surface area contributed by atoms with Crippen LogP contribution in [0.15, 0.2) is 18.2 Å². The third kappa shape index (κ3) is 13.4. The van der Waals surface area contributed by atoms with Crippen molar-refractivity contribution < 1.29 is 23.4 Å². The van der Waals surface area contributed by atoms with E-state index < -0.39 is 17.6 Å². The van der Waals surface area contributed by atoms with Crippen LogP contribution in [0.1, 0.15) is 117 Å². The summed E-state index contributed by atoms with van der Waals surface area (Å²) in [6, 6.07) is 3.73. The molecular weight excluding hydrogens is 422 g/mol. The molecule has 192 valence electrons. The van der Waals surface area contributed by atoms with E-state index in [1.54, 1.807) is 0 Å². The van der Waals surface area contributed by atoms with Gasteiger partial charge in [0.15, 0.2) is 0 Å². The molecule has 1 atom stereocenters. The number of hydrogen-bond acceptors (Lipinski definition) is 3. The number of aliphatic hydroxyl groups is 1. The number of rotatable bonds is 19. The number of halogens is 2. The van der Waals surface area contributed by atoms with Crippen molar-refractivity contribution in [2.24, 2.45) is 5.92 Å². The maximum atomic E-state index is 13.3. The Kier molecular flexibility index (Phi) is 15.1. The molecule has 0 aliphatic rings. The maximum absolute atomic E-state index is 13.3. The van der Waals surface area contributed by atoms with Gasteiger partial charge >= 0.3 is 0 Å². The molecule has 0 saturated carbocycles. The lowest BCUT2D eigenvalue weighted by Crippen LogP contribution is -2.47. The molecule has 0 aliphatic carbocycles. The van der Waals surface area contributed by atoms with Crippen LogP contribution in [0.25, 0.3) is 0 Å². The monoisotopic (exact) mass is 470 g/mol. The largest absolute Gasteiger partial charge is 0.343 e. The molecule has 0 aliphatic heterocycles. The summed E-state index contributed by atoms with van der Waals surface area (Å²) < 4.78 is 38.5. The fourth-order valence-electron chi connectivity index (χ4n) is 4.40. The Balaban J connectivity index is 2.56. The standard InChI is InChI=1S/C28H48F2O3/c1-6-7-8-9-10-14-17-25(28(31,32-22(2)3)33-23(4)5)18-15-12-11-13-16-24-19-26(29)21-27(30)20-24/h19-23,25,31H,6-18H2,1-5H3. The molecule has 0 saturated heterocycles. The van der Waals surface area contributed by atoms with E-state index >= 15 is 0 Å². The molecule has 5 heteroatoms. The summed E-state index contributed by atoms with van der Waals surface area (Å²) in [6.45, 7) is 9.91. The smallest absolute Gasteiger partial charge is 0.283 e. The summed E-state index contributed by atoms with van der Waals surface area (Å²) in [5, 5.41) is 11.3. The van der Waals surface area contributed by atoms with Gasteiger partial charge in [-0.3, -0.25) is 0 Å². The van der Waals surface area contributed by atoms with E-state index in [0.717, 1.165) is 51.0 Å². The van der Waals surface area contributed by atoms with Crippen LogP contribution in [0.5, 0.6) is 0 Å². The van der Waals surface area contributed by atoms with Crippen molar-refractivity contribution in [3.05, 3.63) is 35.4 Å². The number of unbranched alkanes of at least 4 members (excludes halogenated alkanes) is 8. The molecule has 1 aromatic carbocycles. The third-order valence-electron chi connectivity index (χ3n) is 5.92. The first-order valence-corrected chi connectivity index (χ1v) is 13.2. The van der Waals surface area contributed by atoms with Crippen molar-refractivity contribution in [2.45, 2.75) is 136 Å². The fourth-order valence-corrected chi connectivity index (χ4v) is 4.40. The van der Waals surface area contributed by atoms with Gasteiger partial charge in [-0.1, -0.05) is 64.7 Å². The number of benzene rings is 1. The number of aryl methyl sites for hydroxylation is 1. The van der Waals surface area contributed by atoms with Crippen LogP contribution in [0.4, 0.5) is 8.78 Å². The van der Waals surface area contributed by atoms with Crippen molar-refractivity contribution in [1.82, 2.24) is 0 Å². The molecule has 1 unspecified atom stereocenters. The van der Waals surface area contributed by atoms with Gasteiger partial charge in [0.25, 0.3) is 5.97 Å². The zero-order chi connectivity index (χ0) is 24.7. The lowest BCUT2D eigenvalue weighted by molar-refractivity contribution is -0.407. The van der Waals surface area contributed by atoms with Gasteiger partial charge in [-0.25, -0.2) is 8.78 Å². The quantitative estimate of drug-likeness (QED) is 0.163. The average molecular weight is 471 g/mol. The van der Waals surface area contributed by atoms with Gasteiger partial charge in [-0.15, -0.1) is 0 Å². The Labute approximate surface area is 201 Å². The summed E-state index contributed by atoms with van der Waals surface area (Å²) in [4.78, 5) is 0. The Morgan fingerprint density at radius 3 is 1.67 bits per heavy atom. The summed E-state index contributed by atoms with van der Waals surface area (Å²) in [7, 11) is 0.